The van der Waals surface area contributed by atoms with Crippen molar-refractivity contribution in [3.63, 3.8) is 0 Å². The van der Waals surface area contributed by atoms with Crippen molar-refractivity contribution in [2.45, 2.75) is 58.5 Å². The Morgan fingerprint density at radius 2 is 1.81 bits per heavy atom. The molecule has 1 aromatic rings. The van der Waals surface area contributed by atoms with Crippen molar-refractivity contribution in [1.29, 1.82) is 0 Å². The monoisotopic (exact) mass is 294 g/mol. The molecule has 1 rings (SSSR count). The molecule has 0 amide bonds. The Bertz CT molecular complexity index is 503. The standard InChI is InChI=1S/C16H26N2O3/c1-6-16(21,7-2)10-17-13-9-11(14(19)20)8-12(18-13)15(3,4)5/h8-9,21H,6-7,10H2,1-5H3,(H,17,18)(H,19,20). The zero-order valence-corrected chi connectivity index (χ0v) is 13.5. The molecule has 1 aromatic heterocycles. The number of nitrogens with zero attached hydrogens (tertiary/aromatic N) is 1. The summed E-state index contributed by atoms with van der Waals surface area (Å²) in [7, 11) is 0. The minimum atomic E-state index is -0.979. The molecular formula is C16H26N2O3. The van der Waals surface area contributed by atoms with E-state index in [0.29, 0.717) is 30.9 Å². The number of rotatable bonds is 6. The largest absolute Gasteiger partial charge is 0.478 e. The van der Waals surface area contributed by atoms with Crippen LogP contribution < -0.4 is 5.32 Å². The van der Waals surface area contributed by atoms with E-state index in [1.54, 1.807) is 6.07 Å². The minimum Gasteiger partial charge on any atom is -0.478 e. The zero-order valence-electron chi connectivity index (χ0n) is 13.5. The van der Waals surface area contributed by atoms with Crippen molar-refractivity contribution in [3.05, 3.63) is 23.4 Å². The van der Waals surface area contributed by atoms with Crippen molar-refractivity contribution < 1.29 is 15.0 Å². The molecule has 0 unspecified atom stereocenters. The van der Waals surface area contributed by atoms with Crippen LogP contribution in [0.3, 0.4) is 0 Å². The zero-order chi connectivity index (χ0) is 16.3. The van der Waals surface area contributed by atoms with Crippen molar-refractivity contribution in [3.8, 4) is 0 Å². The Morgan fingerprint density at radius 1 is 1.24 bits per heavy atom. The van der Waals surface area contributed by atoms with Gasteiger partial charge in [-0.05, 0) is 25.0 Å². The second-order valence-corrected chi connectivity index (χ2v) is 6.47. The molecule has 0 bridgehead atoms. The Hall–Kier alpha value is -1.62. The van der Waals surface area contributed by atoms with E-state index in [4.69, 9.17) is 0 Å². The summed E-state index contributed by atoms with van der Waals surface area (Å²) in [6.45, 7) is 10.1. The summed E-state index contributed by atoms with van der Waals surface area (Å²) >= 11 is 0. The van der Waals surface area contributed by atoms with Crippen LogP contribution in [0, 0.1) is 0 Å². The minimum absolute atomic E-state index is 0.203. The molecule has 5 heteroatoms. The Morgan fingerprint density at radius 3 is 2.24 bits per heavy atom. The average molecular weight is 294 g/mol. The number of anilines is 1. The van der Waals surface area contributed by atoms with Gasteiger partial charge in [-0.15, -0.1) is 0 Å². The summed E-state index contributed by atoms with van der Waals surface area (Å²) in [4.78, 5) is 15.7. The number of pyridine rings is 1. The first-order chi connectivity index (χ1) is 9.61. The van der Waals surface area contributed by atoms with E-state index in [0.717, 1.165) is 0 Å². The first-order valence-electron chi connectivity index (χ1n) is 7.33. The number of aromatic nitrogens is 1. The van der Waals surface area contributed by atoms with Gasteiger partial charge in [-0.2, -0.15) is 0 Å². The first kappa shape index (κ1) is 17.4. The molecule has 21 heavy (non-hydrogen) atoms. The molecule has 0 saturated heterocycles. The van der Waals surface area contributed by atoms with Gasteiger partial charge in [0, 0.05) is 17.7 Å². The number of aliphatic hydroxyl groups is 1. The third kappa shape index (κ3) is 4.70. The van der Waals surface area contributed by atoms with Gasteiger partial charge in [-0.25, -0.2) is 9.78 Å². The fourth-order valence-electron chi connectivity index (χ4n) is 1.88. The van der Waals surface area contributed by atoms with Gasteiger partial charge < -0.3 is 15.5 Å². The van der Waals surface area contributed by atoms with Gasteiger partial charge in [-0.3, -0.25) is 0 Å². The van der Waals surface area contributed by atoms with Crippen LogP contribution in [0.4, 0.5) is 5.82 Å². The molecule has 0 aliphatic heterocycles. The number of carboxylic acid groups (broad SMARTS) is 1. The van der Waals surface area contributed by atoms with Crippen LogP contribution in [0.1, 0.15) is 63.5 Å². The molecule has 0 atom stereocenters. The maximum absolute atomic E-state index is 11.2. The fourth-order valence-corrected chi connectivity index (χ4v) is 1.88. The van der Waals surface area contributed by atoms with E-state index in [1.807, 2.05) is 34.6 Å². The first-order valence-corrected chi connectivity index (χ1v) is 7.33. The predicted octanol–water partition coefficient (Wildman–Crippen LogP) is 3.04. The topological polar surface area (TPSA) is 82.5 Å². The quantitative estimate of drug-likeness (QED) is 0.751. The predicted molar refractivity (Wildman–Crippen MR) is 83.9 cm³/mol. The van der Waals surface area contributed by atoms with Crippen LogP contribution in [0.5, 0.6) is 0 Å². The van der Waals surface area contributed by atoms with Gasteiger partial charge in [0.1, 0.15) is 5.82 Å². The molecule has 118 valence electrons. The summed E-state index contributed by atoms with van der Waals surface area (Å²) in [5, 5.41) is 22.6. The van der Waals surface area contributed by atoms with Gasteiger partial charge >= 0.3 is 5.97 Å². The number of nitrogens with one attached hydrogen (secondary N) is 1. The molecule has 0 aliphatic carbocycles. The molecule has 0 aliphatic rings. The van der Waals surface area contributed by atoms with Crippen molar-refractivity contribution in [1.82, 2.24) is 4.98 Å². The lowest BCUT2D eigenvalue weighted by Crippen LogP contribution is -2.35. The molecular weight excluding hydrogens is 268 g/mol. The van der Waals surface area contributed by atoms with Gasteiger partial charge in [-0.1, -0.05) is 34.6 Å². The van der Waals surface area contributed by atoms with Crippen LogP contribution in [-0.2, 0) is 5.41 Å². The highest BCUT2D eigenvalue weighted by Gasteiger charge is 2.23. The number of aromatic carboxylic acids is 1. The summed E-state index contributed by atoms with van der Waals surface area (Å²) in [6.07, 6.45) is 1.25. The van der Waals surface area contributed by atoms with Gasteiger partial charge in [0.25, 0.3) is 0 Å². The highest BCUT2D eigenvalue weighted by atomic mass is 16.4. The van der Waals surface area contributed by atoms with E-state index in [2.05, 4.69) is 10.3 Å². The molecule has 5 nitrogen and oxygen atoms in total. The van der Waals surface area contributed by atoms with Crippen LogP contribution >= 0.6 is 0 Å². The van der Waals surface area contributed by atoms with Crippen LogP contribution in [-0.4, -0.2) is 33.3 Å². The third-order valence-electron chi connectivity index (χ3n) is 3.76. The molecule has 0 spiro atoms. The Balaban J connectivity index is 3.07. The summed E-state index contributed by atoms with van der Waals surface area (Å²) in [5.41, 5.74) is -0.133. The molecule has 0 saturated carbocycles. The van der Waals surface area contributed by atoms with E-state index < -0.39 is 11.6 Å². The fraction of sp³-hybridized carbons (Fsp3) is 0.625. The lowest BCUT2D eigenvalue weighted by molar-refractivity contribution is 0.0456. The van der Waals surface area contributed by atoms with Gasteiger partial charge in [0.2, 0.25) is 0 Å². The normalized spacial score (nSPS) is 12.3. The maximum Gasteiger partial charge on any atom is 0.335 e. The average Bonchev–Trinajstić information content (AvgIpc) is 2.43. The Labute approximate surface area is 126 Å². The van der Waals surface area contributed by atoms with Crippen molar-refractivity contribution >= 4 is 11.8 Å². The number of hydrogen-bond donors (Lipinski definition) is 3. The van der Waals surface area contributed by atoms with E-state index in [-0.39, 0.29) is 11.0 Å². The second kappa shape index (κ2) is 6.43. The molecule has 3 N–H and O–H groups in total. The van der Waals surface area contributed by atoms with Crippen molar-refractivity contribution in [2.24, 2.45) is 0 Å². The third-order valence-corrected chi connectivity index (χ3v) is 3.76. The number of carbonyl (C=O) groups is 1. The SMILES string of the molecule is CCC(O)(CC)CNc1cc(C(=O)O)cc(C(C)(C)C)n1. The number of hydrogen-bond acceptors (Lipinski definition) is 4. The summed E-state index contributed by atoms with van der Waals surface area (Å²) in [5.74, 6) is -0.493. The maximum atomic E-state index is 11.2. The van der Waals surface area contributed by atoms with Crippen LogP contribution in [0.2, 0.25) is 0 Å². The van der Waals surface area contributed by atoms with Gasteiger partial charge in [0.05, 0.1) is 11.2 Å². The molecule has 0 radical (unpaired) electrons. The molecule has 1 heterocycles. The summed E-state index contributed by atoms with van der Waals surface area (Å²) < 4.78 is 0. The van der Waals surface area contributed by atoms with E-state index in [1.165, 1.54) is 6.07 Å². The van der Waals surface area contributed by atoms with Gasteiger partial charge in [0.15, 0.2) is 0 Å². The number of carboxylic acids is 1. The van der Waals surface area contributed by atoms with Crippen molar-refractivity contribution in [2.75, 3.05) is 11.9 Å². The molecule has 0 fully saturated rings. The van der Waals surface area contributed by atoms with Crippen LogP contribution in [0.15, 0.2) is 12.1 Å². The smallest absolute Gasteiger partial charge is 0.335 e. The van der Waals surface area contributed by atoms with Crippen LogP contribution in [0.25, 0.3) is 0 Å². The summed E-state index contributed by atoms with van der Waals surface area (Å²) in [6, 6.07) is 3.10. The van der Waals surface area contributed by atoms with E-state index in [9.17, 15) is 15.0 Å². The second-order valence-electron chi connectivity index (χ2n) is 6.47. The lowest BCUT2D eigenvalue weighted by atomic mass is 9.90. The highest BCUT2D eigenvalue weighted by Crippen LogP contribution is 2.24. The highest BCUT2D eigenvalue weighted by molar-refractivity contribution is 5.88. The Kier molecular flexibility index (Phi) is 5.34. The molecule has 0 aromatic carbocycles. The lowest BCUT2D eigenvalue weighted by Gasteiger charge is -2.26. The van der Waals surface area contributed by atoms with E-state index >= 15 is 0 Å².